The third kappa shape index (κ3) is 3.87. The van der Waals surface area contributed by atoms with Crippen molar-refractivity contribution in [3.63, 3.8) is 0 Å². The minimum absolute atomic E-state index is 0.000336. The number of amides is 2. The minimum atomic E-state index is -0.704. The average Bonchev–Trinajstić information content (AvgIpc) is 3.10. The zero-order chi connectivity index (χ0) is 20.5. The zero-order valence-corrected chi connectivity index (χ0v) is 15.9. The number of nitrogens with zero attached hydrogens (tertiary/aromatic N) is 2. The average molecular weight is 402 g/mol. The molecular weight excluding hydrogens is 382 g/mol. The van der Waals surface area contributed by atoms with E-state index in [9.17, 15) is 18.4 Å². The van der Waals surface area contributed by atoms with Crippen LogP contribution in [0.3, 0.4) is 0 Å². The highest BCUT2D eigenvalue weighted by molar-refractivity contribution is 6.00. The summed E-state index contributed by atoms with van der Waals surface area (Å²) in [6.45, 7) is 1.15. The Labute approximate surface area is 166 Å². The van der Waals surface area contributed by atoms with E-state index >= 15 is 0 Å². The van der Waals surface area contributed by atoms with E-state index in [1.165, 1.54) is 11.0 Å². The van der Waals surface area contributed by atoms with Gasteiger partial charge in [0.15, 0.2) is 11.5 Å². The number of fused-ring (bicyclic) bond motifs is 1. The van der Waals surface area contributed by atoms with Gasteiger partial charge in [0, 0.05) is 49.9 Å². The Balaban J connectivity index is 1.45. The molecule has 6 nitrogen and oxygen atoms in total. The van der Waals surface area contributed by atoms with Crippen molar-refractivity contribution in [2.24, 2.45) is 5.92 Å². The van der Waals surface area contributed by atoms with Crippen molar-refractivity contribution in [1.29, 1.82) is 0 Å². The van der Waals surface area contributed by atoms with E-state index in [0.29, 0.717) is 30.4 Å². The smallest absolute Gasteiger partial charge is 0.228 e. The van der Waals surface area contributed by atoms with E-state index < -0.39 is 17.6 Å². The summed E-state index contributed by atoms with van der Waals surface area (Å²) in [6.07, 6.45) is 0.0729. The normalized spacial score (nSPS) is 18.1. The molecule has 0 aliphatic carbocycles. The lowest BCUT2D eigenvalue weighted by Gasteiger charge is -2.23. The van der Waals surface area contributed by atoms with Crippen molar-refractivity contribution in [3.05, 3.63) is 53.6 Å². The monoisotopic (exact) mass is 402 g/mol. The van der Waals surface area contributed by atoms with Crippen LogP contribution in [-0.4, -0.2) is 43.5 Å². The van der Waals surface area contributed by atoms with Gasteiger partial charge in [0.05, 0.1) is 5.92 Å². The first-order valence-corrected chi connectivity index (χ1v) is 9.31. The fourth-order valence-corrected chi connectivity index (χ4v) is 3.62. The van der Waals surface area contributed by atoms with E-state index in [2.05, 4.69) is 0 Å². The maximum Gasteiger partial charge on any atom is 0.228 e. The molecule has 4 rings (SSSR count). The zero-order valence-electron chi connectivity index (χ0n) is 15.9. The highest BCUT2D eigenvalue weighted by atomic mass is 19.1. The maximum absolute atomic E-state index is 13.9. The van der Waals surface area contributed by atoms with Crippen LogP contribution in [0.15, 0.2) is 36.4 Å². The molecule has 0 radical (unpaired) electrons. The van der Waals surface area contributed by atoms with Gasteiger partial charge < -0.3 is 19.3 Å². The molecule has 0 saturated carbocycles. The van der Waals surface area contributed by atoms with Crippen molar-refractivity contribution in [2.75, 3.05) is 31.7 Å². The van der Waals surface area contributed by atoms with Gasteiger partial charge in [0.25, 0.3) is 0 Å². The summed E-state index contributed by atoms with van der Waals surface area (Å²) in [6, 6.07) is 8.49. The van der Waals surface area contributed by atoms with Gasteiger partial charge in [0.2, 0.25) is 11.8 Å². The number of carbonyl (C=O) groups is 2. The Kier molecular flexibility index (Phi) is 5.08. The van der Waals surface area contributed by atoms with E-state index in [-0.39, 0.29) is 36.9 Å². The Morgan fingerprint density at radius 3 is 2.66 bits per heavy atom. The van der Waals surface area contributed by atoms with Gasteiger partial charge in [-0.2, -0.15) is 0 Å². The van der Waals surface area contributed by atoms with Gasteiger partial charge in [-0.3, -0.25) is 9.59 Å². The Morgan fingerprint density at radius 2 is 1.90 bits per heavy atom. The Bertz CT molecular complexity index is 966. The molecule has 1 saturated heterocycles. The van der Waals surface area contributed by atoms with Gasteiger partial charge in [0.1, 0.15) is 24.8 Å². The molecule has 2 aliphatic rings. The number of hydrogen-bond donors (Lipinski definition) is 0. The molecule has 29 heavy (non-hydrogen) atoms. The summed E-state index contributed by atoms with van der Waals surface area (Å²) in [5, 5.41) is 0. The third-order valence-corrected chi connectivity index (χ3v) is 5.11. The van der Waals surface area contributed by atoms with Crippen molar-refractivity contribution in [3.8, 4) is 11.5 Å². The molecule has 2 aromatic carbocycles. The summed E-state index contributed by atoms with van der Waals surface area (Å²) < 4.78 is 38.0. The van der Waals surface area contributed by atoms with Crippen molar-refractivity contribution in [2.45, 2.75) is 13.0 Å². The van der Waals surface area contributed by atoms with E-state index in [0.717, 1.165) is 12.1 Å². The molecule has 1 unspecified atom stereocenters. The highest BCUT2D eigenvalue weighted by Crippen LogP contribution is 2.36. The molecule has 8 heteroatoms. The first kappa shape index (κ1) is 19.2. The molecule has 1 atom stereocenters. The molecule has 2 heterocycles. The highest BCUT2D eigenvalue weighted by Gasteiger charge is 2.37. The predicted molar refractivity (Wildman–Crippen MR) is 101 cm³/mol. The van der Waals surface area contributed by atoms with Crippen LogP contribution in [0.4, 0.5) is 14.5 Å². The SMILES string of the molecule is CN(Cc1ccc(F)cc1F)C(=O)C1CC(=O)N(c2ccc3c(c2)OCCO3)C1. The molecule has 0 spiro atoms. The van der Waals surface area contributed by atoms with Crippen LogP contribution in [-0.2, 0) is 16.1 Å². The van der Waals surface area contributed by atoms with Crippen LogP contribution in [0.2, 0.25) is 0 Å². The first-order valence-electron chi connectivity index (χ1n) is 9.31. The van der Waals surface area contributed by atoms with Crippen molar-refractivity contribution >= 4 is 17.5 Å². The van der Waals surface area contributed by atoms with Crippen molar-refractivity contribution < 1.29 is 27.8 Å². The number of rotatable bonds is 4. The van der Waals surface area contributed by atoms with E-state index in [1.54, 1.807) is 30.1 Å². The molecule has 2 amide bonds. The van der Waals surface area contributed by atoms with Crippen LogP contribution in [0.25, 0.3) is 0 Å². The lowest BCUT2D eigenvalue weighted by atomic mass is 10.1. The molecule has 2 aliphatic heterocycles. The molecule has 0 N–H and O–H groups in total. The predicted octanol–water partition coefficient (Wildman–Crippen LogP) is 2.75. The fraction of sp³-hybridized carbons (Fsp3) is 0.333. The second kappa shape index (κ2) is 7.69. The number of benzene rings is 2. The summed E-state index contributed by atoms with van der Waals surface area (Å²) in [5.41, 5.74) is 0.858. The minimum Gasteiger partial charge on any atom is -0.486 e. The summed E-state index contributed by atoms with van der Waals surface area (Å²) in [7, 11) is 1.54. The number of hydrogen-bond acceptors (Lipinski definition) is 4. The quantitative estimate of drug-likeness (QED) is 0.789. The number of carbonyl (C=O) groups excluding carboxylic acids is 2. The number of anilines is 1. The molecule has 1 fully saturated rings. The van der Waals surface area contributed by atoms with Crippen LogP contribution in [0, 0.1) is 17.6 Å². The summed E-state index contributed by atoms with van der Waals surface area (Å²) >= 11 is 0. The van der Waals surface area contributed by atoms with Gasteiger partial charge in [-0.05, 0) is 18.2 Å². The van der Waals surface area contributed by atoms with Crippen LogP contribution >= 0.6 is 0 Å². The van der Waals surface area contributed by atoms with E-state index in [1.807, 2.05) is 0 Å². The van der Waals surface area contributed by atoms with Crippen molar-refractivity contribution in [1.82, 2.24) is 4.90 Å². The molecule has 0 aromatic heterocycles. The van der Waals surface area contributed by atoms with Gasteiger partial charge in [-0.25, -0.2) is 8.78 Å². The number of ether oxygens (including phenoxy) is 2. The lowest BCUT2D eigenvalue weighted by molar-refractivity contribution is -0.135. The molecule has 2 aromatic rings. The van der Waals surface area contributed by atoms with Crippen LogP contribution in [0.5, 0.6) is 11.5 Å². The summed E-state index contributed by atoms with van der Waals surface area (Å²) in [4.78, 5) is 28.2. The second-order valence-electron chi connectivity index (χ2n) is 7.16. The number of halogens is 2. The standard InChI is InChI=1S/C21H20F2N2O4/c1-24(11-13-2-3-15(22)9-17(13)23)21(27)14-8-20(26)25(12-14)16-4-5-18-19(10-16)29-7-6-28-18/h2-5,9-10,14H,6-8,11-12H2,1H3. The molecule has 152 valence electrons. The van der Waals surface area contributed by atoms with Crippen LogP contribution in [0.1, 0.15) is 12.0 Å². The van der Waals surface area contributed by atoms with Crippen LogP contribution < -0.4 is 14.4 Å². The largest absolute Gasteiger partial charge is 0.486 e. The fourth-order valence-electron chi connectivity index (χ4n) is 3.62. The Morgan fingerprint density at radius 1 is 1.14 bits per heavy atom. The molecule has 0 bridgehead atoms. The second-order valence-corrected chi connectivity index (χ2v) is 7.16. The Hall–Kier alpha value is -3.16. The molecular formula is C21H20F2N2O4. The summed E-state index contributed by atoms with van der Waals surface area (Å²) in [5.74, 6) is -1.14. The lowest BCUT2D eigenvalue weighted by Crippen LogP contribution is -2.34. The third-order valence-electron chi connectivity index (χ3n) is 5.11. The first-order chi connectivity index (χ1) is 13.9. The van der Waals surface area contributed by atoms with E-state index in [4.69, 9.17) is 9.47 Å². The van der Waals surface area contributed by atoms with Gasteiger partial charge in [-0.15, -0.1) is 0 Å². The maximum atomic E-state index is 13.9. The van der Waals surface area contributed by atoms with Gasteiger partial charge >= 0.3 is 0 Å². The topological polar surface area (TPSA) is 59.1 Å². The van der Waals surface area contributed by atoms with Gasteiger partial charge in [-0.1, -0.05) is 6.07 Å².